The minimum atomic E-state index is -0.895. The third kappa shape index (κ3) is 3.39. The van der Waals surface area contributed by atoms with E-state index in [0.29, 0.717) is 23.9 Å². The molecule has 2 aliphatic rings. The number of aromatic nitrogens is 2. The predicted octanol–water partition coefficient (Wildman–Crippen LogP) is 2.94. The molecule has 10 nitrogen and oxygen atoms in total. The van der Waals surface area contributed by atoms with Crippen molar-refractivity contribution in [1.82, 2.24) is 15.1 Å². The molecule has 5 rings (SSSR count). The Morgan fingerprint density at radius 1 is 1.03 bits per heavy atom. The van der Waals surface area contributed by atoms with Gasteiger partial charge in [0.25, 0.3) is 11.8 Å². The van der Waals surface area contributed by atoms with Crippen LogP contribution in [0.4, 0.5) is 5.69 Å². The molecule has 1 saturated heterocycles. The summed E-state index contributed by atoms with van der Waals surface area (Å²) in [4.78, 5) is 31.5. The van der Waals surface area contributed by atoms with Gasteiger partial charge in [-0.05, 0) is 38.1 Å². The van der Waals surface area contributed by atoms with E-state index in [0.717, 1.165) is 16.0 Å². The van der Waals surface area contributed by atoms with Gasteiger partial charge in [0.2, 0.25) is 11.7 Å². The Bertz CT molecular complexity index is 1190. The molecule has 162 valence electrons. The molecule has 1 aromatic heterocycles. The quantitative estimate of drug-likeness (QED) is 0.550. The molecule has 32 heavy (non-hydrogen) atoms. The van der Waals surface area contributed by atoms with Crippen molar-refractivity contribution in [3.8, 4) is 17.1 Å². The molecule has 2 aromatic carbocycles. The van der Waals surface area contributed by atoms with E-state index in [9.17, 15) is 9.59 Å². The minimum absolute atomic E-state index is 0.0691. The molecule has 2 atom stereocenters. The van der Waals surface area contributed by atoms with Gasteiger partial charge in [-0.3, -0.25) is 14.6 Å². The van der Waals surface area contributed by atoms with E-state index in [1.54, 1.807) is 24.3 Å². The number of ether oxygens (including phenoxy) is 1. The molecule has 0 aliphatic carbocycles. The summed E-state index contributed by atoms with van der Waals surface area (Å²) in [7, 11) is 0. The Labute approximate surface area is 183 Å². The maximum Gasteiger partial charge on any atom is 0.263 e. The van der Waals surface area contributed by atoms with E-state index >= 15 is 0 Å². The van der Waals surface area contributed by atoms with E-state index in [-0.39, 0.29) is 12.4 Å². The first-order valence-electron chi connectivity index (χ1n) is 10.2. The number of hydrogen-bond acceptors (Lipinski definition) is 9. The average Bonchev–Trinajstić information content (AvgIpc) is 3.48. The smallest absolute Gasteiger partial charge is 0.263 e. The van der Waals surface area contributed by atoms with E-state index in [2.05, 4.69) is 20.5 Å². The fourth-order valence-corrected chi connectivity index (χ4v) is 3.74. The van der Waals surface area contributed by atoms with Crippen molar-refractivity contribution in [3.05, 3.63) is 60.0 Å². The van der Waals surface area contributed by atoms with Crippen LogP contribution in [-0.4, -0.2) is 45.7 Å². The molecule has 2 aliphatic heterocycles. The first-order valence-corrected chi connectivity index (χ1v) is 10.2. The lowest BCUT2D eigenvalue weighted by Crippen LogP contribution is -2.39. The van der Waals surface area contributed by atoms with Gasteiger partial charge < -0.3 is 9.26 Å². The Morgan fingerprint density at radius 2 is 1.78 bits per heavy atom. The number of benzene rings is 2. The van der Waals surface area contributed by atoms with Crippen LogP contribution in [0.25, 0.3) is 11.4 Å². The highest BCUT2D eigenvalue weighted by Crippen LogP contribution is 2.33. The fraction of sp³-hybridized carbons (Fsp3) is 0.273. The molecule has 0 spiro atoms. The van der Waals surface area contributed by atoms with Gasteiger partial charge in [0, 0.05) is 5.56 Å². The van der Waals surface area contributed by atoms with Crippen LogP contribution in [0.15, 0.2) is 63.4 Å². The average molecular weight is 432 g/mol. The highest BCUT2D eigenvalue weighted by molar-refractivity contribution is 6.25. The largest absolute Gasteiger partial charge is 0.494 e. The van der Waals surface area contributed by atoms with Crippen LogP contribution < -0.4 is 9.64 Å². The van der Waals surface area contributed by atoms with E-state index < -0.39 is 23.9 Å². The van der Waals surface area contributed by atoms with E-state index in [1.807, 2.05) is 38.1 Å². The molecule has 0 saturated carbocycles. The SMILES string of the molecule is CCOc1ccc(N2C(=O)[C@H]3N=NN(Cc4nc(-c5ccc(C)cc5)no4)[C@H]3C2=O)cc1. The van der Waals surface area contributed by atoms with E-state index in [1.165, 1.54) is 5.01 Å². The molecule has 0 unspecified atom stereocenters. The number of carbonyl (C=O) groups excluding carboxylic acids is 2. The molecule has 10 heteroatoms. The van der Waals surface area contributed by atoms with Crippen molar-refractivity contribution < 1.29 is 18.8 Å². The monoisotopic (exact) mass is 432 g/mol. The van der Waals surface area contributed by atoms with Gasteiger partial charge in [0.05, 0.1) is 12.3 Å². The number of fused-ring (bicyclic) bond motifs is 1. The lowest BCUT2D eigenvalue weighted by atomic mass is 10.1. The second-order valence-corrected chi connectivity index (χ2v) is 7.51. The van der Waals surface area contributed by atoms with Gasteiger partial charge in [-0.1, -0.05) is 40.2 Å². The van der Waals surface area contributed by atoms with Crippen LogP contribution in [0.1, 0.15) is 18.4 Å². The summed E-state index contributed by atoms with van der Waals surface area (Å²) < 4.78 is 10.8. The number of rotatable bonds is 6. The van der Waals surface area contributed by atoms with Crippen LogP contribution >= 0.6 is 0 Å². The van der Waals surface area contributed by atoms with Crippen LogP contribution in [0, 0.1) is 6.92 Å². The normalized spacial score (nSPS) is 19.7. The van der Waals surface area contributed by atoms with Crippen molar-refractivity contribution in [3.63, 3.8) is 0 Å². The minimum Gasteiger partial charge on any atom is -0.494 e. The van der Waals surface area contributed by atoms with Gasteiger partial charge in [-0.2, -0.15) is 10.1 Å². The molecule has 3 heterocycles. The number of anilines is 1. The number of aryl methyl sites for hydroxylation is 1. The van der Waals surface area contributed by atoms with E-state index in [4.69, 9.17) is 9.26 Å². The van der Waals surface area contributed by atoms with Crippen molar-refractivity contribution >= 4 is 17.5 Å². The summed E-state index contributed by atoms with van der Waals surface area (Å²) in [6, 6.07) is 12.8. The molecular formula is C22H20N6O4. The van der Waals surface area contributed by atoms with Gasteiger partial charge in [-0.15, -0.1) is 0 Å². The lowest BCUT2D eigenvalue weighted by molar-refractivity contribution is -0.123. The number of carbonyl (C=O) groups is 2. The van der Waals surface area contributed by atoms with Crippen molar-refractivity contribution in [2.24, 2.45) is 10.3 Å². The standard InChI is InChI=1S/C22H20N6O4/c1-3-31-16-10-8-15(9-11-16)28-21(29)18-19(22(28)30)27(26-24-18)12-17-23-20(25-32-17)14-6-4-13(2)5-7-14/h4-11,18-19H,3,12H2,1-2H3/t18-,19+/m0/s1. The van der Waals surface area contributed by atoms with Crippen molar-refractivity contribution in [2.45, 2.75) is 32.5 Å². The summed E-state index contributed by atoms with van der Waals surface area (Å²) in [5, 5.41) is 13.5. The maximum absolute atomic E-state index is 13.1. The van der Waals surface area contributed by atoms with Gasteiger partial charge in [-0.25, -0.2) is 4.90 Å². The summed E-state index contributed by atoms with van der Waals surface area (Å²) in [6.45, 7) is 4.48. The summed E-state index contributed by atoms with van der Waals surface area (Å²) in [6.07, 6.45) is 0. The maximum atomic E-state index is 13.1. The predicted molar refractivity (Wildman–Crippen MR) is 113 cm³/mol. The zero-order valence-electron chi connectivity index (χ0n) is 17.5. The number of hydrogen-bond donors (Lipinski definition) is 0. The Balaban J connectivity index is 1.33. The van der Waals surface area contributed by atoms with Crippen LogP contribution in [0.3, 0.4) is 0 Å². The fourth-order valence-electron chi connectivity index (χ4n) is 3.74. The molecule has 0 bridgehead atoms. The Hall–Kier alpha value is -4.08. The first-order chi connectivity index (χ1) is 15.5. The van der Waals surface area contributed by atoms with Crippen molar-refractivity contribution in [2.75, 3.05) is 11.5 Å². The van der Waals surface area contributed by atoms with Crippen molar-refractivity contribution in [1.29, 1.82) is 0 Å². The number of imide groups is 1. The second kappa shape index (κ2) is 7.88. The topological polar surface area (TPSA) is 113 Å². The molecule has 2 amide bonds. The highest BCUT2D eigenvalue weighted by Gasteiger charge is 2.55. The molecule has 3 aromatic rings. The zero-order valence-corrected chi connectivity index (χ0v) is 17.5. The molecule has 1 fully saturated rings. The molecular weight excluding hydrogens is 412 g/mol. The number of amides is 2. The zero-order chi connectivity index (χ0) is 22.2. The van der Waals surface area contributed by atoms with Crippen LogP contribution in [0.5, 0.6) is 5.75 Å². The Morgan fingerprint density at radius 3 is 2.50 bits per heavy atom. The molecule has 0 radical (unpaired) electrons. The van der Waals surface area contributed by atoms with Gasteiger partial charge in [0.1, 0.15) is 12.3 Å². The van der Waals surface area contributed by atoms with Gasteiger partial charge >= 0.3 is 0 Å². The lowest BCUT2D eigenvalue weighted by Gasteiger charge is -2.19. The summed E-state index contributed by atoms with van der Waals surface area (Å²) >= 11 is 0. The number of nitrogens with zero attached hydrogens (tertiary/aromatic N) is 6. The molecule has 0 N–H and O–H groups in total. The first kappa shape index (κ1) is 19.9. The third-order valence-corrected chi connectivity index (χ3v) is 5.34. The summed E-state index contributed by atoms with van der Waals surface area (Å²) in [5.74, 6) is 0.573. The van der Waals surface area contributed by atoms with Crippen LogP contribution in [0.2, 0.25) is 0 Å². The Kier molecular flexibility index (Phi) is 4.89. The highest BCUT2D eigenvalue weighted by atomic mass is 16.5. The summed E-state index contributed by atoms with van der Waals surface area (Å²) in [5.41, 5.74) is 2.41. The van der Waals surface area contributed by atoms with Crippen LogP contribution in [-0.2, 0) is 16.1 Å². The second-order valence-electron chi connectivity index (χ2n) is 7.51. The third-order valence-electron chi connectivity index (χ3n) is 5.34. The van der Waals surface area contributed by atoms with Gasteiger partial charge in [0.15, 0.2) is 12.1 Å².